The summed E-state index contributed by atoms with van der Waals surface area (Å²) in [5.41, 5.74) is -0.697. The second-order valence-corrected chi connectivity index (χ2v) is 9.21. The van der Waals surface area contributed by atoms with E-state index in [0.717, 1.165) is 22.1 Å². The van der Waals surface area contributed by atoms with Gasteiger partial charge >= 0.3 is 5.69 Å². The molecule has 12 heteroatoms. The number of thiophene rings is 1. The Balaban J connectivity index is 1.64. The molecule has 2 N–H and O–H groups in total. The summed E-state index contributed by atoms with van der Waals surface area (Å²) in [4.78, 5) is 26.3. The molecule has 0 bridgehead atoms. The van der Waals surface area contributed by atoms with E-state index < -0.39 is 48.2 Å². The molecule has 0 aliphatic heterocycles. The van der Waals surface area contributed by atoms with Crippen LogP contribution in [0.3, 0.4) is 0 Å². The molecule has 0 spiro atoms. The van der Waals surface area contributed by atoms with E-state index in [1.807, 2.05) is 0 Å². The van der Waals surface area contributed by atoms with Crippen molar-refractivity contribution < 1.29 is 23.1 Å². The molecule has 182 valence electrons. The van der Waals surface area contributed by atoms with E-state index in [4.69, 9.17) is 11.6 Å². The van der Waals surface area contributed by atoms with Crippen LogP contribution in [-0.2, 0) is 17.9 Å². The average Bonchev–Trinajstić information content (AvgIpc) is 3.39. The first-order valence-electron chi connectivity index (χ1n) is 10.3. The summed E-state index contributed by atoms with van der Waals surface area (Å²) in [5, 5.41) is 16.2. The van der Waals surface area contributed by atoms with Gasteiger partial charge in [-0.15, -0.1) is 16.4 Å². The number of nitrogens with one attached hydrogen (secondary N) is 1. The van der Waals surface area contributed by atoms with Crippen molar-refractivity contribution in [3.05, 3.63) is 98.0 Å². The van der Waals surface area contributed by atoms with Gasteiger partial charge in [0.1, 0.15) is 12.4 Å². The number of amides is 1. The van der Waals surface area contributed by atoms with E-state index >= 15 is 0 Å². The summed E-state index contributed by atoms with van der Waals surface area (Å²) in [7, 11) is 0. The van der Waals surface area contributed by atoms with E-state index in [1.54, 1.807) is 18.2 Å². The molecule has 2 heterocycles. The fourth-order valence-corrected chi connectivity index (χ4v) is 4.52. The molecule has 35 heavy (non-hydrogen) atoms. The molecule has 0 saturated heterocycles. The molecule has 1 atom stereocenters. The van der Waals surface area contributed by atoms with Gasteiger partial charge in [0.2, 0.25) is 5.91 Å². The van der Waals surface area contributed by atoms with Crippen molar-refractivity contribution >= 4 is 28.8 Å². The van der Waals surface area contributed by atoms with Crippen LogP contribution in [0.1, 0.15) is 17.2 Å². The molecule has 0 radical (unpaired) electrons. The molecule has 2 aromatic heterocycles. The molecule has 2 aromatic carbocycles. The van der Waals surface area contributed by atoms with E-state index in [2.05, 4.69) is 10.4 Å². The molecule has 0 fully saturated rings. The molecule has 0 aliphatic rings. The maximum absolute atomic E-state index is 14.3. The average molecular weight is 523 g/mol. The molecule has 4 rings (SSSR count). The van der Waals surface area contributed by atoms with Crippen molar-refractivity contribution in [1.82, 2.24) is 19.7 Å². The number of nitrogens with zero attached hydrogens (tertiary/aromatic N) is 3. The van der Waals surface area contributed by atoms with Gasteiger partial charge in [-0.05, 0) is 24.3 Å². The van der Waals surface area contributed by atoms with Crippen LogP contribution in [-0.4, -0.2) is 32.0 Å². The van der Waals surface area contributed by atoms with Gasteiger partial charge in [0, 0.05) is 11.1 Å². The highest BCUT2D eigenvalue weighted by atomic mass is 35.5. The predicted molar refractivity (Wildman–Crippen MR) is 125 cm³/mol. The van der Waals surface area contributed by atoms with Gasteiger partial charge < -0.3 is 10.4 Å². The van der Waals surface area contributed by atoms with Crippen LogP contribution in [0.5, 0.6) is 0 Å². The third kappa shape index (κ3) is 5.31. The molecule has 0 saturated carbocycles. The van der Waals surface area contributed by atoms with Crippen molar-refractivity contribution in [2.24, 2.45) is 0 Å². The highest BCUT2D eigenvalue weighted by molar-refractivity contribution is 7.19. The van der Waals surface area contributed by atoms with Crippen LogP contribution >= 0.6 is 22.9 Å². The van der Waals surface area contributed by atoms with E-state index in [-0.39, 0.29) is 23.5 Å². The van der Waals surface area contributed by atoms with Crippen LogP contribution in [0.25, 0.3) is 10.7 Å². The number of aliphatic hydroxyl groups is 1. The Bertz CT molecular complexity index is 1440. The number of hydrogen-bond acceptors (Lipinski definition) is 5. The number of halogens is 4. The zero-order chi connectivity index (χ0) is 25.1. The minimum absolute atomic E-state index is 0.147. The van der Waals surface area contributed by atoms with Gasteiger partial charge in [-0.2, -0.15) is 0 Å². The van der Waals surface area contributed by atoms with Crippen LogP contribution in [0.4, 0.5) is 13.2 Å². The minimum Gasteiger partial charge on any atom is -0.394 e. The van der Waals surface area contributed by atoms with Crippen LogP contribution in [0, 0.1) is 17.5 Å². The lowest BCUT2D eigenvalue weighted by molar-refractivity contribution is -0.123. The van der Waals surface area contributed by atoms with E-state index in [0.29, 0.717) is 9.21 Å². The lowest BCUT2D eigenvalue weighted by atomic mass is 10.1. The molecule has 1 amide bonds. The maximum atomic E-state index is 14.3. The third-order valence-corrected chi connectivity index (χ3v) is 6.40. The van der Waals surface area contributed by atoms with Crippen LogP contribution in [0.2, 0.25) is 4.34 Å². The summed E-state index contributed by atoms with van der Waals surface area (Å²) in [6.07, 6.45) is 0. The molecular weight excluding hydrogens is 505 g/mol. The van der Waals surface area contributed by atoms with Crippen LogP contribution in [0.15, 0.2) is 59.4 Å². The number of rotatable bonds is 8. The smallest absolute Gasteiger partial charge is 0.347 e. The molecule has 1 unspecified atom stereocenters. The van der Waals surface area contributed by atoms with Gasteiger partial charge in [0.15, 0.2) is 17.5 Å². The molecule has 7 nitrogen and oxygen atoms in total. The van der Waals surface area contributed by atoms with Crippen molar-refractivity contribution in [1.29, 1.82) is 0 Å². The van der Waals surface area contributed by atoms with Gasteiger partial charge in [0.05, 0.1) is 28.4 Å². The SMILES string of the molecule is O=C(Cn1nc(-c2ccc(Cl)s2)n(Cc2ccccc2F)c1=O)NC(CO)c1cccc(F)c1F. The summed E-state index contributed by atoms with van der Waals surface area (Å²) in [6.45, 7) is -1.43. The molecular formula is C23H18ClF3N4O3S. The topological polar surface area (TPSA) is 89.2 Å². The quantitative estimate of drug-likeness (QED) is 0.369. The largest absolute Gasteiger partial charge is 0.394 e. The Hall–Kier alpha value is -3.41. The summed E-state index contributed by atoms with van der Waals surface area (Å²) >= 11 is 7.18. The fraction of sp³-hybridized carbons (Fsp3) is 0.174. The standard InChI is InChI=1S/C23H18ClF3N4O3S/c24-19-9-8-18(35-19)22-29-31(23(34)30(22)10-13-4-1-2-6-15(13)25)11-20(33)28-17(12-32)14-5-3-7-16(26)21(14)27/h1-9,17,32H,10-12H2,(H,28,33). The minimum atomic E-state index is -1.25. The zero-order valence-corrected chi connectivity index (χ0v) is 19.5. The first-order valence-corrected chi connectivity index (χ1v) is 11.5. The molecule has 0 aliphatic carbocycles. The Morgan fingerprint density at radius 2 is 1.83 bits per heavy atom. The number of hydrogen-bond donors (Lipinski definition) is 2. The highest BCUT2D eigenvalue weighted by Gasteiger charge is 2.23. The van der Waals surface area contributed by atoms with Gasteiger partial charge in [0.25, 0.3) is 0 Å². The first kappa shape index (κ1) is 24.7. The van der Waals surface area contributed by atoms with Crippen molar-refractivity contribution in [2.75, 3.05) is 6.61 Å². The fourth-order valence-electron chi connectivity index (χ4n) is 3.49. The second-order valence-electron chi connectivity index (χ2n) is 7.49. The number of carbonyl (C=O) groups is 1. The van der Waals surface area contributed by atoms with Crippen LogP contribution < -0.4 is 11.0 Å². The van der Waals surface area contributed by atoms with E-state index in [1.165, 1.54) is 34.9 Å². The van der Waals surface area contributed by atoms with Crippen molar-refractivity contribution in [3.63, 3.8) is 0 Å². The normalized spacial score (nSPS) is 12.0. The third-order valence-electron chi connectivity index (χ3n) is 5.17. The highest BCUT2D eigenvalue weighted by Crippen LogP contribution is 2.29. The first-order chi connectivity index (χ1) is 16.8. The second kappa shape index (κ2) is 10.5. The van der Waals surface area contributed by atoms with Crippen molar-refractivity contribution in [2.45, 2.75) is 19.1 Å². The van der Waals surface area contributed by atoms with Gasteiger partial charge in [-0.25, -0.2) is 22.6 Å². The summed E-state index contributed by atoms with van der Waals surface area (Å²) < 4.78 is 44.5. The lowest BCUT2D eigenvalue weighted by Gasteiger charge is -2.17. The molecule has 4 aromatic rings. The van der Waals surface area contributed by atoms with Gasteiger partial charge in [-0.3, -0.25) is 9.36 Å². The Morgan fingerprint density at radius 1 is 1.09 bits per heavy atom. The van der Waals surface area contributed by atoms with E-state index in [9.17, 15) is 27.9 Å². The lowest BCUT2D eigenvalue weighted by Crippen LogP contribution is -2.37. The summed E-state index contributed by atoms with van der Waals surface area (Å²) in [6, 6.07) is 11.3. The summed E-state index contributed by atoms with van der Waals surface area (Å²) in [5.74, 6) is -3.44. The number of aliphatic hydroxyl groups excluding tert-OH is 1. The number of benzene rings is 2. The Morgan fingerprint density at radius 3 is 2.51 bits per heavy atom. The predicted octanol–water partition coefficient (Wildman–Crippen LogP) is 3.74. The monoisotopic (exact) mass is 522 g/mol. The Labute approximate surface area is 206 Å². The number of carbonyl (C=O) groups excluding carboxylic acids is 1. The number of aromatic nitrogens is 3. The maximum Gasteiger partial charge on any atom is 0.347 e. The van der Waals surface area contributed by atoms with Crippen molar-refractivity contribution in [3.8, 4) is 10.7 Å². The van der Waals surface area contributed by atoms with Gasteiger partial charge in [-0.1, -0.05) is 41.9 Å². The Kier molecular flexibility index (Phi) is 7.39. The zero-order valence-electron chi connectivity index (χ0n) is 17.9.